The Hall–Kier alpha value is -8.23. The first kappa shape index (κ1) is 56.5. The topological polar surface area (TPSA) is 252 Å². The molecule has 2 aromatic heterocycles. The Morgan fingerprint density at radius 1 is 0.818 bits per heavy atom. The minimum atomic E-state index is -0.870. The summed E-state index contributed by atoms with van der Waals surface area (Å²) >= 11 is 0. The highest BCUT2D eigenvalue weighted by Crippen LogP contribution is 2.40. The van der Waals surface area contributed by atoms with Gasteiger partial charge in [0.05, 0.1) is 36.7 Å². The number of alkyl carbamates (subject to hydrolysis) is 1. The van der Waals surface area contributed by atoms with Gasteiger partial charge in [-0.05, 0) is 88.3 Å². The SMILES string of the molecule is COc1cc2c(=O)n(CCN(C)C(=O)OCc3ccc(NC(=O)[C@H](CCCNC(=O)OC(C)(C)C)CC(=O)[C@@H](NC(=O)CCCCCN4C(=O)C=CC4=O)C(C)C)cc3)c3c4cc5c(cc4ncc3c2cc1OC)OCO5. The number of Topliss-reactive ketones (excluding diaryl/α,β-unsaturated/α-hetero) is 1. The monoisotopic (exact) mass is 1060 g/mol. The number of ether oxygens (including phenoxy) is 6. The molecule has 0 saturated heterocycles. The van der Waals surface area contributed by atoms with Crippen molar-refractivity contribution in [3.63, 3.8) is 0 Å². The van der Waals surface area contributed by atoms with Gasteiger partial charge in [-0.3, -0.25) is 38.7 Å². The Balaban J connectivity index is 0.968. The summed E-state index contributed by atoms with van der Waals surface area (Å²) in [6.45, 7) is 9.41. The third-order valence-corrected chi connectivity index (χ3v) is 13.2. The Morgan fingerprint density at radius 3 is 2.16 bits per heavy atom. The number of amides is 6. The summed E-state index contributed by atoms with van der Waals surface area (Å²) in [4.78, 5) is 112. The second-order valence-electron chi connectivity index (χ2n) is 20.3. The summed E-state index contributed by atoms with van der Waals surface area (Å²) in [5.41, 5.74) is 1.17. The number of carbonyl (C=O) groups is 7. The highest BCUT2D eigenvalue weighted by Gasteiger charge is 2.30. The number of hydrogen-bond acceptors (Lipinski definition) is 15. The number of rotatable bonds is 24. The van der Waals surface area contributed by atoms with Gasteiger partial charge in [0.25, 0.3) is 17.4 Å². The van der Waals surface area contributed by atoms with Crippen LogP contribution in [0.15, 0.2) is 71.7 Å². The van der Waals surface area contributed by atoms with Gasteiger partial charge in [-0.25, -0.2) is 9.59 Å². The van der Waals surface area contributed by atoms with E-state index in [1.54, 1.807) is 101 Å². The van der Waals surface area contributed by atoms with E-state index in [1.807, 2.05) is 0 Å². The van der Waals surface area contributed by atoms with Gasteiger partial charge in [-0.1, -0.05) is 32.4 Å². The number of likely N-dealkylation sites (N-methyl/N-ethyl adjacent to an activating group) is 1. The summed E-state index contributed by atoms with van der Waals surface area (Å²) in [5, 5.41) is 10.7. The third-order valence-electron chi connectivity index (χ3n) is 13.2. The van der Waals surface area contributed by atoms with Crippen molar-refractivity contribution < 1.29 is 62.0 Å². The average molecular weight is 1060 g/mol. The van der Waals surface area contributed by atoms with E-state index in [4.69, 9.17) is 33.4 Å². The standard InChI is InChI=1S/C56H67N7O14/c1-33(2)50(60-47(65)14-10-9-11-22-62-48(66)19-20-49(62)67)42(64)25-35(13-12-21-57-54(70)77-56(3,4)5)52(68)59-36-17-15-34(16-18-36)31-74-55(71)61(6)23-24-63-51-39-28-45-46(76-32-75-45)29-41(39)58-30-40(51)37-26-43(72-7)44(73-8)27-38(37)53(63)69/h15-20,26-30,33,35,50H,9-14,21-25,31-32H2,1-8H3,(H,57,70)(H,59,68)(H,60,65)/t35-,50+/m1/s1. The maximum Gasteiger partial charge on any atom is 0.409 e. The lowest BCUT2D eigenvalue weighted by molar-refractivity contribution is -0.137. The van der Waals surface area contributed by atoms with Crippen molar-refractivity contribution in [3.05, 3.63) is 82.8 Å². The largest absolute Gasteiger partial charge is 0.493 e. The predicted octanol–water partition coefficient (Wildman–Crippen LogP) is 7.16. The number of methoxy groups -OCH3 is 2. The van der Waals surface area contributed by atoms with Crippen LogP contribution in [0.5, 0.6) is 23.0 Å². The number of benzene rings is 3. The van der Waals surface area contributed by atoms with Crippen LogP contribution in [-0.2, 0) is 46.6 Å². The molecule has 0 spiro atoms. The molecule has 0 fully saturated rings. The molecule has 2 aliphatic heterocycles. The molecule has 6 amide bonds. The summed E-state index contributed by atoms with van der Waals surface area (Å²) in [7, 11) is 4.58. The van der Waals surface area contributed by atoms with Crippen molar-refractivity contribution in [2.24, 2.45) is 11.8 Å². The van der Waals surface area contributed by atoms with E-state index in [2.05, 4.69) is 16.0 Å². The number of carbonyl (C=O) groups excluding carboxylic acids is 7. The van der Waals surface area contributed by atoms with Gasteiger partial charge >= 0.3 is 12.2 Å². The molecular weight excluding hydrogens is 995 g/mol. The van der Waals surface area contributed by atoms with Crippen molar-refractivity contribution in [1.82, 2.24) is 30.0 Å². The zero-order valence-electron chi connectivity index (χ0n) is 44.8. The molecule has 0 aliphatic carbocycles. The number of unbranched alkanes of at least 4 members (excludes halogenated alkanes) is 2. The number of fused-ring (bicyclic) bond motifs is 6. The fourth-order valence-electron chi connectivity index (χ4n) is 9.12. The van der Waals surface area contributed by atoms with Crippen LogP contribution in [0.2, 0.25) is 0 Å². The van der Waals surface area contributed by atoms with Crippen LogP contribution in [0.4, 0.5) is 15.3 Å². The third kappa shape index (κ3) is 14.2. The molecule has 7 rings (SSSR count). The summed E-state index contributed by atoms with van der Waals surface area (Å²) in [5.74, 6) is -1.06. The molecule has 0 radical (unpaired) electrons. The van der Waals surface area contributed by atoms with Gasteiger partial charge in [0.15, 0.2) is 28.8 Å². The van der Waals surface area contributed by atoms with Crippen LogP contribution in [0.1, 0.15) is 85.1 Å². The number of anilines is 1. The second-order valence-corrected chi connectivity index (χ2v) is 20.3. The van der Waals surface area contributed by atoms with E-state index >= 15 is 0 Å². The number of pyridine rings is 2. The highest BCUT2D eigenvalue weighted by molar-refractivity contribution is 6.15. The van der Waals surface area contributed by atoms with Crippen molar-refractivity contribution in [3.8, 4) is 23.0 Å². The van der Waals surface area contributed by atoms with Crippen LogP contribution in [0.3, 0.4) is 0 Å². The Labute approximate surface area is 445 Å². The molecule has 2 aliphatic rings. The lowest BCUT2D eigenvalue weighted by atomic mass is 9.89. The first-order chi connectivity index (χ1) is 36.7. The van der Waals surface area contributed by atoms with Crippen LogP contribution < -0.4 is 40.5 Å². The zero-order chi connectivity index (χ0) is 55.6. The van der Waals surface area contributed by atoms with E-state index < -0.39 is 35.7 Å². The maximum atomic E-state index is 14.4. The smallest absolute Gasteiger partial charge is 0.409 e. The van der Waals surface area contributed by atoms with E-state index in [0.29, 0.717) is 92.5 Å². The molecule has 410 valence electrons. The van der Waals surface area contributed by atoms with Gasteiger partial charge < -0.3 is 53.8 Å². The van der Waals surface area contributed by atoms with Crippen LogP contribution in [0.25, 0.3) is 32.6 Å². The molecule has 4 heterocycles. The molecule has 2 atom stereocenters. The molecule has 77 heavy (non-hydrogen) atoms. The molecule has 21 heteroatoms. The number of aromatic nitrogens is 2. The maximum absolute atomic E-state index is 14.4. The lowest BCUT2D eigenvalue weighted by Crippen LogP contribution is -2.45. The van der Waals surface area contributed by atoms with Gasteiger partial charge in [0.1, 0.15) is 12.2 Å². The van der Waals surface area contributed by atoms with E-state index in [0.717, 1.165) is 4.90 Å². The molecule has 5 aromatic rings. The van der Waals surface area contributed by atoms with Crippen LogP contribution in [-0.4, -0.2) is 120 Å². The quantitative estimate of drug-likeness (QED) is 0.0315. The molecule has 0 unspecified atom stereocenters. The van der Waals surface area contributed by atoms with Crippen molar-refractivity contribution >= 4 is 79.9 Å². The van der Waals surface area contributed by atoms with E-state index in [1.165, 1.54) is 31.3 Å². The number of imide groups is 1. The second kappa shape index (κ2) is 25.1. The van der Waals surface area contributed by atoms with Gasteiger partial charge in [0.2, 0.25) is 18.6 Å². The summed E-state index contributed by atoms with van der Waals surface area (Å²) in [6.07, 6.45) is 5.01. The lowest BCUT2D eigenvalue weighted by Gasteiger charge is -2.24. The molecule has 3 N–H and O–H groups in total. The van der Waals surface area contributed by atoms with E-state index in [-0.39, 0.29) is 93.8 Å². The van der Waals surface area contributed by atoms with Crippen molar-refractivity contribution in [2.75, 3.05) is 53.0 Å². The molecule has 0 saturated carbocycles. The zero-order valence-corrected chi connectivity index (χ0v) is 44.8. The van der Waals surface area contributed by atoms with Gasteiger partial charge in [-0.15, -0.1) is 0 Å². The Morgan fingerprint density at radius 2 is 1.49 bits per heavy atom. The first-order valence-corrected chi connectivity index (χ1v) is 25.7. The van der Waals surface area contributed by atoms with Gasteiger partial charge in [0, 0.05) is 98.2 Å². The summed E-state index contributed by atoms with van der Waals surface area (Å²) < 4.78 is 35.0. The minimum Gasteiger partial charge on any atom is -0.493 e. The molecule has 21 nitrogen and oxygen atoms in total. The predicted molar refractivity (Wildman–Crippen MR) is 286 cm³/mol. The normalized spacial score (nSPS) is 13.8. The number of nitrogens with one attached hydrogen (secondary N) is 3. The Bertz CT molecular complexity index is 3130. The number of ketones is 1. The van der Waals surface area contributed by atoms with Crippen LogP contribution >= 0.6 is 0 Å². The first-order valence-electron chi connectivity index (χ1n) is 25.7. The minimum absolute atomic E-state index is 0.0531. The summed E-state index contributed by atoms with van der Waals surface area (Å²) in [6, 6.07) is 12.7. The number of hydrogen-bond donors (Lipinski definition) is 3. The molecular formula is C56H67N7O14. The van der Waals surface area contributed by atoms with Crippen molar-refractivity contribution in [2.45, 2.75) is 104 Å². The van der Waals surface area contributed by atoms with E-state index in [9.17, 15) is 38.4 Å². The highest BCUT2D eigenvalue weighted by atomic mass is 16.7. The number of nitrogens with zero attached hydrogens (tertiary/aromatic N) is 4. The van der Waals surface area contributed by atoms with Crippen molar-refractivity contribution in [1.29, 1.82) is 0 Å². The fourth-order valence-corrected chi connectivity index (χ4v) is 9.12. The fraction of sp³-hybridized carbons (Fsp3) is 0.446. The van der Waals surface area contributed by atoms with Gasteiger partial charge in [-0.2, -0.15) is 0 Å². The van der Waals surface area contributed by atoms with Crippen LogP contribution in [0, 0.1) is 11.8 Å². The molecule has 3 aromatic carbocycles. The molecule has 0 bridgehead atoms. The average Bonchev–Trinajstić information content (AvgIpc) is 4.14. The Kier molecular flexibility index (Phi) is 18.4.